The topological polar surface area (TPSA) is 144 Å². The molecule has 0 aliphatic heterocycles. The highest BCUT2D eigenvalue weighted by atomic mass is 32.2. The lowest BCUT2D eigenvalue weighted by Crippen LogP contribution is -2.13. The van der Waals surface area contributed by atoms with Crippen LogP contribution >= 0.6 is 0 Å². The number of hydrogen-bond acceptors (Lipinski definition) is 8. The average molecular weight is 851 g/mol. The standard InChI is InChI=1S/C50H34N4O6S2/c1-29-19-23-31(24-20-29)61(55,56)59-43-27-42(50-53-47-39-17-9-5-13-35(39)36-14-6-10-18-40(36)48(47)54-50)44(60-62(57,58)32-25-21-30(2)22-26-32)28-41(43)49-51-45-37-15-7-3-11-33(37)34-12-4-8-16-38(34)46(45)52-49/h3-28H,1-2H3,(H,51,52)(H,53,54). The number of rotatable bonds is 8. The van der Waals surface area contributed by atoms with Crippen LogP contribution in [-0.4, -0.2) is 36.8 Å². The molecule has 0 fully saturated rings. The molecule has 0 radical (unpaired) electrons. The van der Waals surface area contributed by atoms with Crippen molar-refractivity contribution in [1.82, 2.24) is 19.9 Å². The summed E-state index contributed by atoms with van der Waals surface area (Å²) in [6.07, 6.45) is 0. The predicted octanol–water partition coefficient (Wildman–Crippen LogP) is 11.5. The van der Waals surface area contributed by atoms with Crippen LogP contribution in [0.2, 0.25) is 0 Å². The number of aromatic amines is 2. The van der Waals surface area contributed by atoms with E-state index in [2.05, 4.69) is 9.97 Å². The van der Waals surface area contributed by atoms with Crippen LogP contribution in [0.15, 0.2) is 168 Å². The lowest BCUT2D eigenvalue weighted by atomic mass is 10.0. The molecular weight excluding hydrogens is 817 g/mol. The Balaban J connectivity index is 1.21. The second kappa shape index (κ2) is 14.0. The summed E-state index contributed by atoms with van der Waals surface area (Å²) in [5, 5.41) is 7.50. The van der Waals surface area contributed by atoms with E-state index in [0.29, 0.717) is 22.1 Å². The molecule has 0 unspecified atom stereocenters. The monoisotopic (exact) mass is 850 g/mol. The Morgan fingerprint density at radius 2 is 0.710 bits per heavy atom. The molecule has 10 nitrogen and oxygen atoms in total. The molecule has 0 amide bonds. The first-order valence-electron chi connectivity index (χ1n) is 19.8. The van der Waals surface area contributed by atoms with Crippen LogP contribution in [0.1, 0.15) is 11.1 Å². The zero-order valence-electron chi connectivity index (χ0n) is 33.2. The number of hydrogen-bond donors (Lipinski definition) is 2. The van der Waals surface area contributed by atoms with Crippen molar-refractivity contribution in [2.75, 3.05) is 0 Å². The molecule has 0 bridgehead atoms. The minimum atomic E-state index is -4.47. The number of H-pyrrole nitrogens is 2. The van der Waals surface area contributed by atoms with Crippen molar-refractivity contribution in [1.29, 1.82) is 0 Å². The average Bonchev–Trinajstić information content (AvgIpc) is 3.94. The molecule has 62 heavy (non-hydrogen) atoms. The van der Waals surface area contributed by atoms with E-state index in [1.165, 1.54) is 36.4 Å². The van der Waals surface area contributed by atoms with Gasteiger partial charge in [0.1, 0.15) is 21.4 Å². The molecule has 0 aliphatic carbocycles. The number of aryl methyl sites for hydroxylation is 2. The maximum Gasteiger partial charge on any atom is 0.339 e. The van der Waals surface area contributed by atoms with Gasteiger partial charge in [-0.1, -0.05) is 132 Å². The van der Waals surface area contributed by atoms with Crippen LogP contribution in [0, 0.1) is 13.8 Å². The number of benzene rings is 9. The Morgan fingerprint density at radius 1 is 0.403 bits per heavy atom. The van der Waals surface area contributed by atoms with Gasteiger partial charge in [0.05, 0.1) is 33.2 Å². The first-order chi connectivity index (χ1) is 30.0. The zero-order valence-corrected chi connectivity index (χ0v) is 34.8. The lowest BCUT2D eigenvalue weighted by Gasteiger charge is -2.16. The van der Waals surface area contributed by atoms with E-state index in [-0.39, 0.29) is 44.1 Å². The minimum Gasteiger partial charge on any atom is -0.378 e. The number of imidazole rings is 2. The molecule has 2 N–H and O–H groups in total. The first kappa shape index (κ1) is 37.5. The highest BCUT2D eigenvalue weighted by molar-refractivity contribution is 7.87. The van der Waals surface area contributed by atoms with Gasteiger partial charge in [0.15, 0.2) is 11.5 Å². The third-order valence-electron chi connectivity index (χ3n) is 11.4. The highest BCUT2D eigenvalue weighted by Crippen LogP contribution is 2.45. The molecule has 0 aliphatic rings. The summed E-state index contributed by atoms with van der Waals surface area (Å²) in [5.41, 5.74) is 4.69. The Morgan fingerprint density at radius 3 is 1.06 bits per heavy atom. The molecule has 11 aromatic rings. The predicted molar refractivity (Wildman–Crippen MR) is 245 cm³/mol. The van der Waals surface area contributed by atoms with Crippen LogP contribution in [0.5, 0.6) is 11.5 Å². The van der Waals surface area contributed by atoms with Gasteiger partial charge in [-0.15, -0.1) is 0 Å². The van der Waals surface area contributed by atoms with Gasteiger partial charge in [0, 0.05) is 21.5 Å². The summed E-state index contributed by atoms with van der Waals surface area (Å²) in [7, 11) is -8.94. The smallest absolute Gasteiger partial charge is 0.339 e. The number of aromatic nitrogens is 4. The van der Waals surface area contributed by atoms with Gasteiger partial charge >= 0.3 is 20.2 Å². The van der Waals surface area contributed by atoms with E-state index in [0.717, 1.165) is 54.2 Å². The maximum atomic E-state index is 14.2. The van der Waals surface area contributed by atoms with Crippen molar-refractivity contribution >= 4 is 85.4 Å². The third kappa shape index (κ3) is 6.14. The van der Waals surface area contributed by atoms with Gasteiger partial charge in [-0.05, 0) is 71.8 Å². The van der Waals surface area contributed by atoms with Gasteiger partial charge in [-0.3, -0.25) is 0 Å². The first-order valence-corrected chi connectivity index (χ1v) is 22.6. The van der Waals surface area contributed by atoms with Crippen molar-refractivity contribution in [2.24, 2.45) is 0 Å². The Hall–Kier alpha value is -7.54. The molecule has 0 saturated carbocycles. The summed E-state index contributed by atoms with van der Waals surface area (Å²) in [4.78, 5) is 16.9. The van der Waals surface area contributed by atoms with Gasteiger partial charge in [0.2, 0.25) is 0 Å². The number of nitrogens with one attached hydrogen (secondary N) is 2. The second-order valence-corrected chi connectivity index (χ2v) is 18.4. The van der Waals surface area contributed by atoms with E-state index in [4.69, 9.17) is 18.3 Å². The summed E-state index contributed by atoms with van der Waals surface area (Å²) >= 11 is 0. The Bertz CT molecular complexity index is 3460. The molecule has 11 rings (SSSR count). The molecular formula is C50H34N4O6S2. The SMILES string of the molecule is Cc1ccc(S(=O)(=O)Oc2cc(-c3nc4c5ccccc5c5ccccc5c4[nH]3)c(OS(=O)(=O)c3ccc(C)cc3)cc2-c2nc3c4ccccc4c4ccccc4c3[nH]2)cc1. The maximum absolute atomic E-state index is 14.2. The van der Waals surface area contributed by atoms with Crippen molar-refractivity contribution in [3.05, 3.63) is 169 Å². The molecule has 2 heterocycles. The summed E-state index contributed by atoms with van der Waals surface area (Å²) in [5.74, 6) is 0.176. The summed E-state index contributed by atoms with van der Waals surface area (Å²) in [6, 6.07) is 47.3. The van der Waals surface area contributed by atoms with Crippen LogP contribution < -0.4 is 8.37 Å². The van der Waals surface area contributed by atoms with E-state index in [9.17, 15) is 16.8 Å². The molecule has 9 aromatic carbocycles. The largest absolute Gasteiger partial charge is 0.378 e. The molecule has 0 saturated heterocycles. The second-order valence-electron chi connectivity index (χ2n) is 15.3. The van der Waals surface area contributed by atoms with Crippen molar-refractivity contribution in [3.63, 3.8) is 0 Å². The van der Waals surface area contributed by atoms with E-state index >= 15 is 0 Å². The van der Waals surface area contributed by atoms with E-state index < -0.39 is 20.2 Å². The van der Waals surface area contributed by atoms with Crippen LogP contribution in [0.4, 0.5) is 0 Å². The summed E-state index contributed by atoms with van der Waals surface area (Å²) in [6.45, 7) is 3.72. The van der Waals surface area contributed by atoms with Gasteiger partial charge < -0.3 is 18.3 Å². The third-order valence-corrected chi connectivity index (χ3v) is 13.9. The quantitative estimate of drug-likeness (QED) is 0.114. The van der Waals surface area contributed by atoms with E-state index in [1.54, 1.807) is 24.3 Å². The number of fused-ring (bicyclic) bond motifs is 12. The molecule has 0 atom stereocenters. The Kier molecular flexibility index (Phi) is 8.47. The number of nitrogens with zero attached hydrogens (tertiary/aromatic N) is 2. The molecule has 0 spiro atoms. The normalized spacial score (nSPS) is 12.3. The Labute approximate surface area is 355 Å². The highest BCUT2D eigenvalue weighted by Gasteiger charge is 2.28. The fourth-order valence-electron chi connectivity index (χ4n) is 8.31. The molecule has 302 valence electrons. The summed E-state index contributed by atoms with van der Waals surface area (Å²) < 4.78 is 69.1. The fraction of sp³-hybridized carbons (Fsp3) is 0.0400. The van der Waals surface area contributed by atoms with Gasteiger partial charge in [0.25, 0.3) is 0 Å². The van der Waals surface area contributed by atoms with Crippen LogP contribution in [0.25, 0.3) is 87.9 Å². The van der Waals surface area contributed by atoms with Crippen molar-refractivity contribution < 1.29 is 25.2 Å². The van der Waals surface area contributed by atoms with Crippen LogP contribution in [-0.2, 0) is 20.2 Å². The van der Waals surface area contributed by atoms with Gasteiger partial charge in [-0.25, -0.2) is 9.97 Å². The molecule has 2 aromatic heterocycles. The van der Waals surface area contributed by atoms with E-state index in [1.807, 2.05) is 111 Å². The minimum absolute atomic E-state index is 0.0684. The van der Waals surface area contributed by atoms with Crippen LogP contribution in [0.3, 0.4) is 0 Å². The van der Waals surface area contributed by atoms with Crippen molar-refractivity contribution in [2.45, 2.75) is 23.6 Å². The fourth-order valence-corrected chi connectivity index (χ4v) is 10.2. The lowest BCUT2D eigenvalue weighted by molar-refractivity contribution is 0.479. The van der Waals surface area contributed by atoms with Crippen molar-refractivity contribution in [3.8, 4) is 34.3 Å². The zero-order chi connectivity index (χ0) is 42.3. The molecule has 12 heteroatoms. The van der Waals surface area contributed by atoms with Gasteiger partial charge in [-0.2, -0.15) is 16.8 Å².